The highest BCUT2D eigenvalue weighted by Crippen LogP contribution is 2.22. The van der Waals surface area contributed by atoms with E-state index in [2.05, 4.69) is 21.7 Å². The Morgan fingerprint density at radius 1 is 1.26 bits per heavy atom. The molecule has 23 heavy (non-hydrogen) atoms. The molecule has 0 aliphatic carbocycles. The molecule has 0 unspecified atom stereocenters. The number of morpholine rings is 1. The number of rotatable bonds is 5. The maximum Gasteiger partial charge on any atom is 0.270 e. The van der Waals surface area contributed by atoms with Crippen LogP contribution in [0.25, 0.3) is 0 Å². The molecular formula is C18H29N3O2. The van der Waals surface area contributed by atoms with Crippen molar-refractivity contribution >= 4 is 5.91 Å². The predicted octanol–water partition coefficient (Wildman–Crippen LogP) is 2.29. The molecule has 2 fully saturated rings. The summed E-state index contributed by atoms with van der Waals surface area (Å²) in [5.74, 6) is 0.177. The van der Waals surface area contributed by atoms with Gasteiger partial charge in [-0.2, -0.15) is 0 Å². The number of hydrogen-bond donors (Lipinski definition) is 1. The maximum atomic E-state index is 12.9. The van der Waals surface area contributed by atoms with Crippen LogP contribution in [-0.2, 0) is 11.2 Å². The van der Waals surface area contributed by atoms with Gasteiger partial charge in [0.1, 0.15) is 5.69 Å². The Morgan fingerprint density at radius 3 is 2.83 bits per heavy atom. The van der Waals surface area contributed by atoms with E-state index >= 15 is 0 Å². The van der Waals surface area contributed by atoms with Gasteiger partial charge >= 0.3 is 0 Å². The van der Waals surface area contributed by atoms with Gasteiger partial charge in [0.25, 0.3) is 5.91 Å². The van der Waals surface area contributed by atoms with Crippen LogP contribution in [0.1, 0.15) is 48.8 Å². The minimum atomic E-state index is 0.177. The third-order valence-electron chi connectivity index (χ3n) is 5.13. The number of piperidine rings is 1. The number of carbonyl (C=O) groups is 1. The molecule has 5 nitrogen and oxygen atoms in total. The second-order valence-electron chi connectivity index (χ2n) is 6.64. The number of hydrogen-bond acceptors (Lipinski definition) is 3. The minimum absolute atomic E-state index is 0.177. The fourth-order valence-corrected chi connectivity index (χ4v) is 3.65. The third-order valence-corrected chi connectivity index (χ3v) is 5.13. The summed E-state index contributed by atoms with van der Waals surface area (Å²) in [6, 6.07) is 4.35. The van der Waals surface area contributed by atoms with Crippen LogP contribution in [0.5, 0.6) is 0 Å². The van der Waals surface area contributed by atoms with Crippen LogP contribution < -0.4 is 0 Å². The van der Waals surface area contributed by atoms with Gasteiger partial charge in [0.05, 0.1) is 13.2 Å². The van der Waals surface area contributed by atoms with Crippen molar-refractivity contribution in [3.05, 3.63) is 23.5 Å². The summed E-state index contributed by atoms with van der Waals surface area (Å²) in [7, 11) is 0. The Bertz CT molecular complexity index is 508. The van der Waals surface area contributed by atoms with Crippen molar-refractivity contribution in [1.29, 1.82) is 0 Å². The first-order valence-corrected chi connectivity index (χ1v) is 9.07. The van der Waals surface area contributed by atoms with Crippen LogP contribution in [0.15, 0.2) is 12.1 Å². The van der Waals surface area contributed by atoms with Gasteiger partial charge in [-0.05, 0) is 44.2 Å². The van der Waals surface area contributed by atoms with E-state index in [9.17, 15) is 4.79 Å². The Kier molecular flexibility index (Phi) is 5.73. The summed E-state index contributed by atoms with van der Waals surface area (Å²) in [6.45, 7) is 7.81. The van der Waals surface area contributed by atoms with Crippen molar-refractivity contribution in [2.24, 2.45) is 0 Å². The van der Waals surface area contributed by atoms with Crippen molar-refractivity contribution in [3.63, 3.8) is 0 Å². The number of aryl methyl sites for hydroxylation is 1. The fourth-order valence-electron chi connectivity index (χ4n) is 3.65. The van der Waals surface area contributed by atoms with E-state index in [1.807, 2.05) is 12.1 Å². The summed E-state index contributed by atoms with van der Waals surface area (Å²) in [6.07, 6.45) is 5.52. The molecule has 1 amide bonds. The number of H-pyrrole nitrogens is 1. The third kappa shape index (κ3) is 4.15. The zero-order valence-corrected chi connectivity index (χ0v) is 14.2. The molecular weight excluding hydrogens is 290 g/mol. The molecule has 128 valence electrons. The number of ether oxygens (including phenoxy) is 1. The van der Waals surface area contributed by atoms with E-state index in [0.29, 0.717) is 6.04 Å². The summed E-state index contributed by atoms with van der Waals surface area (Å²) in [5.41, 5.74) is 1.88. The number of nitrogens with zero attached hydrogens (tertiary/aromatic N) is 2. The average molecular weight is 319 g/mol. The molecule has 5 heteroatoms. The molecule has 3 rings (SSSR count). The van der Waals surface area contributed by atoms with Gasteiger partial charge in [0, 0.05) is 37.9 Å². The SMILES string of the molecule is CCc1ccc(C(=O)N2CCCC[C@H]2CCN2CCOCC2)[nH]1. The van der Waals surface area contributed by atoms with E-state index in [0.717, 1.165) is 76.5 Å². The number of amides is 1. The highest BCUT2D eigenvalue weighted by atomic mass is 16.5. The highest BCUT2D eigenvalue weighted by Gasteiger charge is 2.28. The van der Waals surface area contributed by atoms with Crippen LogP contribution in [-0.4, -0.2) is 66.1 Å². The summed E-state index contributed by atoms with van der Waals surface area (Å²) < 4.78 is 5.41. The summed E-state index contributed by atoms with van der Waals surface area (Å²) in [5, 5.41) is 0. The first kappa shape index (κ1) is 16.5. The smallest absolute Gasteiger partial charge is 0.270 e. The van der Waals surface area contributed by atoms with E-state index in [1.54, 1.807) is 0 Å². The van der Waals surface area contributed by atoms with Gasteiger partial charge in [0.2, 0.25) is 0 Å². The lowest BCUT2D eigenvalue weighted by Crippen LogP contribution is -2.46. The molecule has 3 heterocycles. The van der Waals surface area contributed by atoms with Gasteiger partial charge in [-0.1, -0.05) is 6.92 Å². The van der Waals surface area contributed by atoms with Crippen LogP contribution in [0.4, 0.5) is 0 Å². The molecule has 2 aliphatic heterocycles. The first-order valence-electron chi connectivity index (χ1n) is 9.07. The van der Waals surface area contributed by atoms with Crippen molar-refractivity contribution in [2.75, 3.05) is 39.4 Å². The highest BCUT2D eigenvalue weighted by molar-refractivity contribution is 5.92. The maximum absolute atomic E-state index is 12.9. The molecule has 0 saturated carbocycles. The molecule has 0 aromatic carbocycles. The van der Waals surface area contributed by atoms with Gasteiger partial charge < -0.3 is 14.6 Å². The first-order chi connectivity index (χ1) is 11.3. The van der Waals surface area contributed by atoms with Gasteiger partial charge in [-0.25, -0.2) is 0 Å². The van der Waals surface area contributed by atoms with E-state index in [1.165, 1.54) is 6.42 Å². The van der Waals surface area contributed by atoms with Crippen molar-refractivity contribution in [1.82, 2.24) is 14.8 Å². The second-order valence-corrected chi connectivity index (χ2v) is 6.64. The molecule has 0 radical (unpaired) electrons. The molecule has 1 N–H and O–H groups in total. The zero-order valence-electron chi connectivity index (χ0n) is 14.2. The topological polar surface area (TPSA) is 48.6 Å². The lowest BCUT2D eigenvalue weighted by atomic mass is 9.98. The van der Waals surface area contributed by atoms with Crippen LogP contribution in [0.3, 0.4) is 0 Å². The van der Waals surface area contributed by atoms with E-state index in [-0.39, 0.29) is 5.91 Å². The van der Waals surface area contributed by atoms with Gasteiger partial charge in [0.15, 0.2) is 0 Å². The van der Waals surface area contributed by atoms with E-state index in [4.69, 9.17) is 4.74 Å². The Balaban J connectivity index is 1.59. The predicted molar refractivity (Wildman–Crippen MR) is 90.7 cm³/mol. The number of aromatic amines is 1. The molecule has 0 spiro atoms. The molecule has 1 aromatic heterocycles. The van der Waals surface area contributed by atoms with Crippen LogP contribution in [0, 0.1) is 0 Å². The minimum Gasteiger partial charge on any atom is -0.379 e. The largest absolute Gasteiger partial charge is 0.379 e. The quantitative estimate of drug-likeness (QED) is 0.906. The lowest BCUT2D eigenvalue weighted by Gasteiger charge is -2.37. The van der Waals surface area contributed by atoms with Crippen molar-refractivity contribution in [3.8, 4) is 0 Å². The zero-order chi connectivity index (χ0) is 16.1. The van der Waals surface area contributed by atoms with Crippen LogP contribution in [0.2, 0.25) is 0 Å². The lowest BCUT2D eigenvalue weighted by molar-refractivity contribution is 0.0295. The van der Waals surface area contributed by atoms with Gasteiger partial charge in [-0.3, -0.25) is 9.69 Å². The molecule has 1 atom stereocenters. The molecule has 1 aromatic rings. The number of aromatic nitrogens is 1. The fraction of sp³-hybridized carbons (Fsp3) is 0.722. The second kappa shape index (κ2) is 7.97. The van der Waals surface area contributed by atoms with Gasteiger partial charge in [-0.15, -0.1) is 0 Å². The number of carbonyl (C=O) groups excluding carboxylic acids is 1. The summed E-state index contributed by atoms with van der Waals surface area (Å²) >= 11 is 0. The molecule has 2 saturated heterocycles. The Morgan fingerprint density at radius 2 is 2.09 bits per heavy atom. The monoisotopic (exact) mass is 319 g/mol. The Hall–Kier alpha value is -1.33. The molecule has 0 bridgehead atoms. The normalized spacial score (nSPS) is 23.2. The van der Waals surface area contributed by atoms with Crippen molar-refractivity contribution < 1.29 is 9.53 Å². The molecule has 2 aliphatic rings. The van der Waals surface area contributed by atoms with E-state index < -0.39 is 0 Å². The standard InChI is InChI=1S/C18H29N3O2/c1-2-15-6-7-17(19-15)18(22)21-9-4-3-5-16(21)8-10-20-11-13-23-14-12-20/h6-7,16,19H,2-5,8-14H2,1H3/t16-/m0/s1. The Labute approximate surface area is 139 Å². The number of nitrogens with one attached hydrogen (secondary N) is 1. The van der Waals surface area contributed by atoms with Crippen LogP contribution >= 0.6 is 0 Å². The average Bonchev–Trinajstić information content (AvgIpc) is 3.10. The number of likely N-dealkylation sites (tertiary alicyclic amines) is 1. The summed E-state index contributed by atoms with van der Waals surface area (Å²) in [4.78, 5) is 20.7. The van der Waals surface area contributed by atoms with Crippen molar-refractivity contribution in [2.45, 2.75) is 45.1 Å².